The summed E-state index contributed by atoms with van der Waals surface area (Å²) in [6.45, 7) is 2.03. The third-order valence-electron chi connectivity index (χ3n) is 4.02. The van der Waals surface area contributed by atoms with Crippen LogP contribution >= 0.6 is 34.5 Å². The summed E-state index contributed by atoms with van der Waals surface area (Å²) in [7, 11) is 0. The van der Waals surface area contributed by atoms with Crippen LogP contribution in [0.25, 0.3) is 20.8 Å². The molecule has 1 aromatic carbocycles. The molecule has 28 heavy (non-hydrogen) atoms. The minimum Gasteiger partial charge on any atom is -0.324 e. The second-order valence-corrected chi connectivity index (χ2v) is 7.64. The Morgan fingerprint density at radius 1 is 1.14 bits per heavy atom. The van der Waals surface area contributed by atoms with Crippen LogP contribution in [0.4, 0.5) is 11.6 Å². The molecule has 6 nitrogen and oxygen atoms in total. The molecule has 4 aromatic rings. The first kappa shape index (κ1) is 18.6. The number of nitrogens with one attached hydrogen (secondary N) is 1. The lowest BCUT2D eigenvalue weighted by molar-refractivity contribution is 1.000. The Labute approximate surface area is 174 Å². The summed E-state index contributed by atoms with van der Waals surface area (Å²) in [5.74, 6) is 1.30. The number of fused-ring (bicyclic) bond motifs is 1. The number of thiazole rings is 1. The molecule has 0 aliphatic carbocycles. The Bertz CT molecular complexity index is 1210. The first-order valence-electron chi connectivity index (χ1n) is 8.32. The number of hydrogen-bond acceptors (Lipinski definition) is 7. The quantitative estimate of drug-likeness (QED) is 0.454. The highest BCUT2D eigenvalue weighted by atomic mass is 35.5. The number of benzene rings is 1. The highest BCUT2D eigenvalue weighted by Gasteiger charge is 2.17. The van der Waals surface area contributed by atoms with Crippen molar-refractivity contribution in [1.29, 1.82) is 5.26 Å². The summed E-state index contributed by atoms with van der Waals surface area (Å²) in [5.41, 5.74) is 2.70. The molecule has 0 atom stereocenters. The molecule has 138 valence electrons. The molecule has 0 aliphatic heterocycles. The van der Waals surface area contributed by atoms with Gasteiger partial charge in [0.1, 0.15) is 17.2 Å². The largest absolute Gasteiger partial charge is 0.324 e. The lowest BCUT2D eigenvalue weighted by atomic mass is 10.1. The lowest BCUT2D eigenvalue weighted by Gasteiger charge is -2.06. The molecule has 1 N–H and O–H groups in total. The van der Waals surface area contributed by atoms with Gasteiger partial charge in [0.2, 0.25) is 0 Å². The fourth-order valence-electron chi connectivity index (χ4n) is 2.67. The van der Waals surface area contributed by atoms with E-state index in [1.54, 1.807) is 18.3 Å². The zero-order valence-corrected chi connectivity index (χ0v) is 16.9. The highest BCUT2D eigenvalue weighted by Crippen LogP contribution is 2.41. The van der Waals surface area contributed by atoms with Crippen molar-refractivity contribution in [2.75, 3.05) is 5.32 Å². The van der Waals surface area contributed by atoms with Crippen molar-refractivity contribution in [3.8, 4) is 16.6 Å². The van der Waals surface area contributed by atoms with Gasteiger partial charge in [-0.05, 0) is 24.6 Å². The molecular weight excluding hydrogens is 415 g/mol. The van der Waals surface area contributed by atoms with Crippen LogP contribution in [-0.2, 0) is 6.42 Å². The normalized spacial score (nSPS) is 10.8. The Kier molecular flexibility index (Phi) is 5.09. The van der Waals surface area contributed by atoms with E-state index < -0.39 is 0 Å². The second-order valence-electron chi connectivity index (χ2n) is 5.83. The summed E-state index contributed by atoms with van der Waals surface area (Å²) in [5, 5.41) is 13.7. The Morgan fingerprint density at radius 2 is 1.93 bits per heavy atom. The van der Waals surface area contributed by atoms with E-state index in [2.05, 4.69) is 25.3 Å². The molecule has 0 spiro atoms. The van der Waals surface area contributed by atoms with Gasteiger partial charge in [-0.15, -0.1) is 11.3 Å². The van der Waals surface area contributed by atoms with E-state index in [1.165, 1.54) is 17.7 Å². The molecular formula is C19H12Cl2N6S. The molecule has 3 aromatic heterocycles. The van der Waals surface area contributed by atoms with E-state index in [0.29, 0.717) is 37.8 Å². The van der Waals surface area contributed by atoms with E-state index in [1.807, 2.05) is 25.1 Å². The van der Waals surface area contributed by atoms with Gasteiger partial charge >= 0.3 is 0 Å². The SMILES string of the molecule is CCc1cc(Nc2nccc3nc(-c4c(Cl)cc(C#N)cc4Cl)sc23)ncn1. The average Bonchev–Trinajstić information content (AvgIpc) is 3.12. The van der Waals surface area contributed by atoms with Gasteiger partial charge < -0.3 is 5.32 Å². The van der Waals surface area contributed by atoms with Gasteiger partial charge in [-0.2, -0.15) is 5.26 Å². The van der Waals surface area contributed by atoms with Crippen molar-refractivity contribution in [3.63, 3.8) is 0 Å². The van der Waals surface area contributed by atoms with Gasteiger partial charge in [0.15, 0.2) is 5.82 Å². The maximum absolute atomic E-state index is 9.07. The Morgan fingerprint density at radius 3 is 2.64 bits per heavy atom. The van der Waals surface area contributed by atoms with Crippen LogP contribution < -0.4 is 5.32 Å². The zero-order valence-electron chi connectivity index (χ0n) is 14.6. The monoisotopic (exact) mass is 426 g/mol. The van der Waals surface area contributed by atoms with Crippen molar-refractivity contribution in [1.82, 2.24) is 19.9 Å². The fourth-order valence-corrected chi connectivity index (χ4v) is 4.53. The molecule has 9 heteroatoms. The number of anilines is 2. The first-order valence-corrected chi connectivity index (χ1v) is 9.89. The van der Waals surface area contributed by atoms with Gasteiger partial charge in [0, 0.05) is 23.5 Å². The molecule has 4 rings (SSSR count). The summed E-state index contributed by atoms with van der Waals surface area (Å²) >= 11 is 14.1. The molecule has 3 heterocycles. The maximum atomic E-state index is 9.07. The van der Waals surface area contributed by atoms with Gasteiger partial charge in [-0.3, -0.25) is 0 Å². The van der Waals surface area contributed by atoms with Crippen LogP contribution in [0.1, 0.15) is 18.2 Å². The fraction of sp³-hybridized carbons (Fsp3) is 0.105. The van der Waals surface area contributed by atoms with Crippen molar-refractivity contribution < 1.29 is 0 Å². The molecule has 0 unspecified atom stereocenters. The maximum Gasteiger partial charge on any atom is 0.151 e. The molecule has 0 fully saturated rings. The van der Waals surface area contributed by atoms with Gasteiger partial charge in [-0.25, -0.2) is 19.9 Å². The predicted molar refractivity (Wildman–Crippen MR) is 112 cm³/mol. The molecule has 0 saturated carbocycles. The van der Waals surface area contributed by atoms with Crippen LogP contribution in [-0.4, -0.2) is 19.9 Å². The lowest BCUT2D eigenvalue weighted by Crippen LogP contribution is -1.98. The van der Waals surface area contributed by atoms with Crippen LogP contribution in [0.2, 0.25) is 10.0 Å². The number of aromatic nitrogens is 4. The Hall–Kier alpha value is -2.79. The number of nitriles is 1. The minimum absolute atomic E-state index is 0.383. The van der Waals surface area contributed by atoms with Crippen LogP contribution in [0.15, 0.2) is 36.8 Å². The summed E-state index contributed by atoms with van der Waals surface area (Å²) in [6, 6.07) is 8.92. The number of hydrogen-bond donors (Lipinski definition) is 1. The van der Waals surface area contributed by atoms with Crippen molar-refractivity contribution >= 4 is 56.4 Å². The molecule has 0 bridgehead atoms. The van der Waals surface area contributed by atoms with E-state index in [0.717, 1.165) is 22.3 Å². The summed E-state index contributed by atoms with van der Waals surface area (Å²) in [6.07, 6.45) is 4.02. The van der Waals surface area contributed by atoms with E-state index in [9.17, 15) is 0 Å². The van der Waals surface area contributed by atoms with Crippen molar-refractivity contribution in [3.05, 3.63) is 58.1 Å². The smallest absolute Gasteiger partial charge is 0.151 e. The van der Waals surface area contributed by atoms with Crippen LogP contribution in [0.5, 0.6) is 0 Å². The average molecular weight is 427 g/mol. The molecule has 0 amide bonds. The second kappa shape index (κ2) is 7.68. The minimum atomic E-state index is 0.383. The molecule has 0 radical (unpaired) electrons. The standard InChI is InChI=1S/C19H12Cl2N6S/c1-2-11-7-15(25-9-24-11)27-18-17-14(3-4-23-18)26-19(28-17)16-12(20)5-10(8-22)6-13(16)21/h3-7,9H,2H2,1H3,(H,23,24,25,27). The molecule has 0 saturated heterocycles. The van der Waals surface area contributed by atoms with Crippen LogP contribution in [0.3, 0.4) is 0 Å². The Balaban J connectivity index is 1.79. The first-order chi connectivity index (χ1) is 13.6. The third kappa shape index (κ3) is 3.50. The van der Waals surface area contributed by atoms with Gasteiger partial charge in [0.05, 0.1) is 31.9 Å². The van der Waals surface area contributed by atoms with E-state index in [4.69, 9.17) is 28.5 Å². The number of nitrogens with zero attached hydrogens (tertiary/aromatic N) is 5. The summed E-state index contributed by atoms with van der Waals surface area (Å²) in [4.78, 5) is 17.5. The van der Waals surface area contributed by atoms with Crippen LogP contribution in [0, 0.1) is 11.3 Å². The van der Waals surface area contributed by atoms with E-state index >= 15 is 0 Å². The zero-order chi connectivity index (χ0) is 19.7. The number of halogens is 2. The highest BCUT2D eigenvalue weighted by molar-refractivity contribution is 7.22. The van der Waals surface area contributed by atoms with E-state index in [-0.39, 0.29) is 0 Å². The number of rotatable bonds is 4. The van der Waals surface area contributed by atoms with Crippen molar-refractivity contribution in [2.24, 2.45) is 0 Å². The van der Waals surface area contributed by atoms with Gasteiger partial charge in [-0.1, -0.05) is 30.1 Å². The molecule has 0 aliphatic rings. The number of pyridine rings is 1. The third-order valence-corrected chi connectivity index (χ3v) is 5.71. The van der Waals surface area contributed by atoms with Gasteiger partial charge in [0.25, 0.3) is 0 Å². The predicted octanol–water partition coefficient (Wildman–Crippen LogP) is 5.63. The topological polar surface area (TPSA) is 87.4 Å². The summed E-state index contributed by atoms with van der Waals surface area (Å²) < 4.78 is 0.852. The van der Waals surface area contributed by atoms with Crippen molar-refractivity contribution in [2.45, 2.75) is 13.3 Å². The number of aryl methyl sites for hydroxylation is 1.